The van der Waals surface area contributed by atoms with E-state index in [1.54, 1.807) is 18.0 Å². The number of benzene rings is 2. The normalized spacial score (nSPS) is 19.4. The number of amides is 1. The number of nitriles is 1. The largest absolute Gasteiger partial charge is 0.351 e. The summed E-state index contributed by atoms with van der Waals surface area (Å²) in [7, 11) is 1.80. The van der Waals surface area contributed by atoms with Crippen LogP contribution in [-0.4, -0.2) is 32.2 Å². The molecule has 5 heteroatoms. The van der Waals surface area contributed by atoms with E-state index in [2.05, 4.69) is 28.0 Å². The highest BCUT2D eigenvalue weighted by Crippen LogP contribution is 2.39. The molecule has 2 aliphatic heterocycles. The summed E-state index contributed by atoms with van der Waals surface area (Å²) >= 11 is 0. The molecule has 1 amide bonds. The summed E-state index contributed by atoms with van der Waals surface area (Å²) in [5.41, 5.74) is 3.54. The highest BCUT2D eigenvalue weighted by atomic mass is 16.2. The van der Waals surface area contributed by atoms with Crippen LogP contribution in [0.25, 0.3) is 0 Å². The second kappa shape index (κ2) is 5.03. The zero-order valence-corrected chi connectivity index (χ0v) is 12.8. The van der Waals surface area contributed by atoms with Crippen molar-refractivity contribution in [1.29, 1.82) is 5.26 Å². The molecule has 0 spiro atoms. The van der Waals surface area contributed by atoms with E-state index in [-0.39, 0.29) is 11.9 Å². The van der Waals surface area contributed by atoms with Gasteiger partial charge in [0.1, 0.15) is 6.04 Å². The van der Waals surface area contributed by atoms with Gasteiger partial charge in [-0.1, -0.05) is 18.2 Å². The van der Waals surface area contributed by atoms with Crippen molar-refractivity contribution in [2.45, 2.75) is 6.04 Å². The monoisotopic (exact) mass is 304 g/mol. The van der Waals surface area contributed by atoms with Gasteiger partial charge in [0.15, 0.2) is 0 Å². The maximum absolute atomic E-state index is 12.7. The van der Waals surface area contributed by atoms with Crippen molar-refractivity contribution in [3.8, 4) is 6.07 Å². The molecule has 1 saturated heterocycles. The summed E-state index contributed by atoms with van der Waals surface area (Å²) in [6.45, 7) is 1.31. The molecule has 0 N–H and O–H groups in total. The summed E-state index contributed by atoms with van der Waals surface area (Å²) in [4.78, 5) is 18.7. The van der Waals surface area contributed by atoms with Crippen molar-refractivity contribution >= 4 is 23.0 Å². The maximum atomic E-state index is 12.7. The molecule has 2 aliphatic rings. The Hall–Kier alpha value is -3.00. The molecule has 1 fully saturated rings. The number of carbonyl (C=O) groups is 1. The smallest absolute Gasteiger partial charge is 0.251 e. The Morgan fingerprint density at radius 1 is 1.13 bits per heavy atom. The molecule has 2 aromatic rings. The van der Waals surface area contributed by atoms with E-state index in [1.165, 1.54) is 0 Å². The first-order chi connectivity index (χ1) is 11.2. The Morgan fingerprint density at radius 2 is 1.91 bits per heavy atom. The fourth-order valence-electron chi connectivity index (χ4n) is 3.38. The van der Waals surface area contributed by atoms with Gasteiger partial charge < -0.3 is 14.7 Å². The second-order valence-electron chi connectivity index (χ2n) is 5.90. The molecular weight excluding hydrogens is 288 g/mol. The quantitative estimate of drug-likeness (QED) is 0.810. The highest BCUT2D eigenvalue weighted by molar-refractivity contribution is 6.06. The first-order valence-electron chi connectivity index (χ1n) is 7.57. The van der Waals surface area contributed by atoms with E-state index < -0.39 is 0 Å². The fraction of sp³-hybridized carbons (Fsp3) is 0.222. The van der Waals surface area contributed by atoms with Crippen LogP contribution >= 0.6 is 0 Å². The number of fused-ring (bicyclic) bond motifs is 3. The highest BCUT2D eigenvalue weighted by Gasteiger charge is 2.42. The Morgan fingerprint density at radius 3 is 2.65 bits per heavy atom. The summed E-state index contributed by atoms with van der Waals surface area (Å²) in [5.74, 6) is 0.0978. The molecule has 2 aromatic carbocycles. The zero-order chi connectivity index (χ0) is 16.0. The Bertz CT molecular complexity index is 812. The lowest BCUT2D eigenvalue weighted by Crippen LogP contribution is -2.50. The minimum atomic E-state index is -0.207. The third-order valence-corrected chi connectivity index (χ3v) is 4.60. The van der Waals surface area contributed by atoms with Crippen LogP contribution in [0.3, 0.4) is 0 Å². The second-order valence-corrected chi connectivity index (χ2v) is 5.90. The number of para-hydroxylation sites is 1. The van der Waals surface area contributed by atoms with Crippen molar-refractivity contribution in [3.63, 3.8) is 0 Å². The number of carbonyl (C=O) groups excluding carboxylic acids is 1. The summed E-state index contributed by atoms with van der Waals surface area (Å²) in [6, 6.07) is 17.6. The van der Waals surface area contributed by atoms with Gasteiger partial charge in [0, 0.05) is 19.3 Å². The number of anilines is 3. The fourth-order valence-corrected chi connectivity index (χ4v) is 3.38. The van der Waals surface area contributed by atoms with Crippen molar-refractivity contribution < 1.29 is 4.79 Å². The van der Waals surface area contributed by atoms with Crippen LogP contribution in [-0.2, 0) is 4.79 Å². The maximum Gasteiger partial charge on any atom is 0.251 e. The van der Waals surface area contributed by atoms with Crippen LogP contribution in [0.5, 0.6) is 0 Å². The van der Waals surface area contributed by atoms with Crippen molar-refractivity contribution in [2.24, 2.45) is 0 Å². The van der Waals surface area contributed by atoms with Gasteiger partial charge >= 0.3 is 0 Å². The predicted molar refractivity (Wildman–Crippen MR) is 89.5 cm³/mol. The lowest BCUT2D eigenvalue weighted by atomic mass is 10.1. The van der Waals surface area contributed by atoms with Gasteiger partial charge in [-0.2, -0.15) is 5.26 Å². The van der Waals surface area contributed by atoms with Gasteiger partial charge in [0.05, 0.1) is 29.7 Å². The number of nitrogens with zero attached hydrogens (tertiary/aromatic N) is 4. The summed E-state index contributed by atoms with van der Waals surface area (Å²) < 4.78 is 0. The summed E-state index contributed by atoms with van der Waals surface area (Å²) in [5, 5.41) is 9.17. The van der Waals surface area contributed by atoms with E-state index >= 15 is 0 Å². The average Bonchev–Trinajstić information content (AvgIpc) is 3.05. The molecule has 0 aromatic heterocycles. The first-order valence-corrected chi connectivity index (χ1v) is 7.57. The molecule has 0 saturated carbocycles. The Kier molecular flexibility index (Phi) is 2.98. The molecule has 0 bridgehead atoms. The molecular formula is C18H16N4O. The summed E-state index contributed by atoms with van der Waals surface area (Å²) in [6.07, 6.45) is 0. The standard InChI is InChI=1S/C18H16N4O/c1-20-15-8-7-13(10-19)9-16(15)22-12-21(11-17(22)18(20)23)14-5-3-2-4-6-14/h2-9,17H,11-12H2,1H3/t17-/m0/s1. The first kappa shape index (κ1) is 13.6. The molecule has 114 valence electrons. The van der Waals surface area contributed by atoms with E-state index in [9.17, 15) is 4.79 Å². The lowest BCUT2D eigenvalue weighted by molar-refractivity contribution is -0.119. The molecule has 4 rings (SSSR count). The Labute approximate surface area is 135 Å². The number of hydrogen-bond donors (Lipinski definition) is 0. The molecule has 2 heterocycles. The minimum absolute atomic E-state index is 0.0978. The minimum Gasteiger partial charge on any atom is -0.351 e. The number of likely N-dealkylation sites (N-methyl/N-ethyl adjacent to an activating group) is 1. The number of hydrogen-bond acceptors (Lipinski definition) is 4. The molecule has 23 heavy (non-hydrogen) atoms. The van der Waals surface area contributed by atoms with Gasteiger partial charge in [0.2, 0.25) is 0 Å². The van der Waals surface area contributed by atoms with E-state index in [1.807, 2.05) is 30.3 Å². The third-order valence-electron chi connectivity index (χ3n) is 4.60. The molecule has 1 atom stereocenters. The van der Waals surface area contributed by atoms with E-state index in [0.717, 1.165) is 17.1 Å². The average molecular weight is 304 g/mol. The van der Waals surface area contributed by atoms with Crippen LogP contribution in [0.1, 0.15) is 5.56 Å². The Balaban J connectivity index is 1.76. The van der Waals surface area contributed by atoms with Gasteiger partial charge in [-0.15, -0.1) is 0 Å². The van der Waals surface area contributed by atoms with Gasteiger partial charge in [-0.25, -0.2) is 0 Å². The van der Waals surface area contributed by atoms with E-state index in [0.29, 0.717) is 18.8 Å². The SMILES string of the molecule is CN1C(=O)[C@@H]2CN(c3ccccc3)CN2c2cc(C#N)ccc21. The van der Waals surface area contributed by atoms with Crippen LogP contribution in [0.2, 0.25) is 0 Å². The molecule has 0 aliphatic carbocycles. The third kappa shape index (κ3) is 2.03. The van der Waals surface area contributed by atoms with Crippen molar-refractivity contribution in [3.05, 3.63) is 54.1 Å². The topological polar surface area (TPSA) is 50.6 Å². The lowest BCUT2D eigenvalue weighted by Gasteiger charge is -2.36. The van der Waals surface area contributed by atoms with E-state index in [4.69, 9.17) is 5.26 Å². The molecule has 0 radical (unpaired) electrons. The predicted octanol–water partition coefficient (Wildman–Crippen LogP) is 2.19. The van der Waals surface area contributed by atoms with Crippen LogP contribution < -0.4 is 14.7 Å². The molecule has 5 nitrogen and oxygen atoms in total. The number of rotatable bonds is 1. The van der Waals surface area contributed by atoms with Crippen LogP contribution in [0.15, 0.2) is 48.5 Å². The van der Waals surface area contributed by atoms with Crippen molar-refractivity contribution in [1.82, 2.24) is 0 Å². The van der Waals surface area contributed by atoms with Crippen LogP contribution in [0, 0.1) is 11.3 Å². The van der Waals surface area contributed by atoms with Gasteiger partial charge in [-0.05, 0) is 30.3 Å². The van der Waals surface area contributed by atoms with Gasteiger partial charge in [-0.3, -0.25) is 4.79 Å². The van der Waals surface area contributed by atoms with Crippen LogP contribution in [0.4, 0.5) is 17.1 Å². The molecule has 0 unspecified atom stereocenters. The van der Waals surface area contributed by atoms with Gasteiger partial charge in [0.25, 0.3) is 5.91 Å². The zero-order valence-electron chi connectivity index (χ0n) is 12.8. The van der Waals surface area contributed by atoms with Crippen molar-refractivity contribution in [2.75, 3.05) is 35.0 Å².